The molecule has 2 amide bonds. The maximum Gasteiger partial charge on any atom is 0.251 e. The third-order valence-electron chi connectivity index (χ3n) is 5.30. The number of benzene rings is 2. The fourth-order valence-corrected chi connectivity index (χ4v) is 3.39. The van der Waals surface area contributed by atoms with Gasteiger partial charge in [0.25, 0.3) is 5.91 Å². The zero-order chi connectivity index (χ0) is 20.1. The number of hydrogen-bond donors (Lipinski definition) is 1. The van der Waals surface area contributed by atoms with Crippen molar-refractivity contribution in [2.75, 3.05) is 44.7 Å². The van der Waals surface area contributed by atoms with Crippen LogP contribution < -0.4 is 15.0 Å². The first-order valence-electron chi connectivity index (χ1n) is 9.51. The predicted octanol–water partition coefficient (Wildman–Crippen LogP) is 2.39. The number of nitrogens with one attached hydrogen (secondary N) is 1. The molecule has 6 heteroatoms. The van der Waals surface area contributed by atoms with Crippen molar-refractivity contribution >= 4 is 17.5 Å². The van der Waals surface area contributed by atoms with Crippen molar-refractivity contribution in [3.63, 3.8) is 0 Å². The molecule has 0 bridgehead atoms. The van der Waals surface area contributed by atoms with E-state index in [9.17, 15) is 9.59 Å². The molecule has 1 heterocycles. The summed E-state index contributed by atoms with van der Waals surface area (Å²) in [5, 5.41) is 2.71. The van der Waals surface area contributed by atoms with E-state index in [-0.39, 0.29) is 18.4 Å². The summed E-state index contributed by atoms with van der Waals surface area (Å²) in [7, 11) is 1.58. The lowest BCUT2D eigenvalue weighted by molar-refractivity contribution is -0.130. The van der Waals surface area contributed by atoms with E-state index >= 15 is 0 Å². The number of amides is 2. The normalized spacial score (nSPS) is 14.0. The van der Waals surface area contributed by atoms with E-state index in [0.29, 0.717) is 24.4 Å². The molecule has 0 saturated carbocycles. The van der Waals surface area contributed by atoms with Crippen LogP contribution in [0.1, 0.15) is 21.5 Å². The third-order valence-corrected chi connectivity index (χ3v) is 5.30. The van der Waals surface area contributed by atoms with E-state index in [0.717, 1.165) is 13.1 Å². The summed E-state index contributed by atoms with van der Waals surface area (Å²) in [6, 6.07) is 13.1. The number of hydrogen-bond acceptors (Lipinski definition) is 4. The van der Waals surface area contributed by atoms with Crippen LogP contribution in [0.25, 0.3) is 0 Å². The van der Waals surface area contributed by atoms with Gasteiger partial charge in [-0.2, -0.15) is 0 Å². The van der Waals surface area contributed by atoms with Crippen molar-refractivity contribution < 1.29 is 14.3 Å². The molecule has 1 aliphatic heterocycles. The lowest BCUT2D eigenvalue weighted by atomic mass is 10.1. The van der Waals surface area contributed by atoms with Crippen molar-refractivity contribution in [3.05, 3.63) is 59.2 Å². The largest absolute Gasteiger partial charge is 0.497 e. The van der Waals surface area contributed by atoms with Gasteiger partial charge >= 0.3 is 0 Å². The molecule has 0 spiro atoms. The third kappa shape index (κ3) is 4.44. The molecular formula is C22H27N3O3. The average Bonchev–Trinajstić information content (AvgIpc) is 2.74. The Morgan fingerprint density at radius 3 is 2.32 bits per heavy atom. The first kappa shape index (κ1) is 19.7. The fourth-order valence-electron chi connectivity index (χ4n) is 3.39. The molecule has 6 nitrogen and oxygen atoms in total. The van der Waals surface area contributed by atoms with Crippen molar-refractivity contribution in [1.82, 2.24) is 10.2 Å². The lowest BCUT2D eigenvalue weighted by Crippen LogP contribution is -2.51. The van der Waals surface area contributed by atoms with Crippen LogP contribution in [-0.2, 0) is 4.79 Å². The number of piperazine rings is 1. The molecule has 1 aliphatic rings. The van der Waals surface area contributed by atoms with Gasteiger partial charge in [0.2, 0.25) is 5.91 Å². The van der Waals surface area contributed by atoms with Crippen LogP contribution in [0.3, 0.4) is 0 Å². The molecule has 1 saturated heterocycles. The number of carbonyl (C=O) groups excluding carboxylic acids is 2. The number of methoxy groups -OCH3 is 1. The van der Waals surface area contributed by atoms with Crippen LogP contribution in [0.5, 0.6) is 5.75 Å². The van der Waals surface area contributed by atoms with Gasteiger partial charge in [0, 0.05) is 37.4 Å². The van der Waals surface area contributed by atoms with Gasteiger partial charge in [-0.3, -0.25) is 9.59 Å². The second-order valence-electron chi connectivity index (χ2n) is 7.00. The van der Waals surface area contributed by atoms with Crippen molar-refractivity contribution in [1.29, 1.82) is 0 Å². The van der Waals surface area contributed by atoms with Crippen LogP contribution in [0, 0.1) is 13.8 Å². The van der Waals surface area contributed by atoms with Gasteiger partial charge in [-0.15, -0.1) is 0 Å². The Morgan fingerprint density at radius 1 is 1.00 bits per heavy atom. The number of carbonyl (C=O) groups is 2. The lowest BCUT2D eigenvalue weighted by Gasteiger charge is -2.37. The van der Waals surface area contributed by atoms with E-state index in [4.69, 9.17) is 4.74 Å². The number of rotatable bonds is 5. The summed E-state index contributed by atoms with van der Waals surface area (Å²) in [6.07, 6.45) is 0. The Hall–Kier alpha value is -3.02. The zero-order valence-corrected chi connectivity index (χ0v) is 16.7. The molecular weight excluding hydrogens is 354 g/mol. The van der Waals surface area contributed by atoms with Gasteiger partial charge in [0.1, 0.15) is 5.75 Å². The monoisotopic (exact) mass is 381 g/mol. The topological polar surface area (TPSA) is 61.9 Å². The first-order valence-corrected chi connectivity index (χ1v) is 9.51. The molecule has 2 aromatic carbocycles. The molecule has 0 unspecified atom stereocenters. The molecule has 0 aromatic heterocycles. The highest BCUT2D eigenvalue weighted by Gasteiger charge is 2.22. The minimum Gasteiger partial charge on any atom is -0.497 e. The molecule has 0 atom stereocenters. The molecule has 2 aromatic rings. The fraction of sp³-hybridized carbons (Fsp3) is 0.364. The molecule has 1 N–H and O–H groups in total. The Labute approximate surface area is 166 Å². The maximum absolute atomic E-state index is 12.5. The SMILES string of the molecule is COc1ccc(C(=O)NCC(=O)N2CCN(c3cccc(C)c3C)CC2)cc1. The smallest absolute Gasteiger partial charge is 0.251 e. The van der Waals surface area contributed by atoms with Gasteiger partial charge < -0.3 is 19.9 Å². The predicted molar refractivity (Wildman–Crippen MR) is 110 cm³/mol. The molecule has 1 fully saturated rings. The quantitative estimate of drug-likeness (QED) is 0.864. The zero-order valence-electron chi connectivity index (χ0n) is 16.7. The Kier molecular flexibility index (Phi) is 6.19. The summed E-state index contributed by atoms with van der Waals surface area (Å²) >= 11 is 0. The van der Waals surface area contributed by atoms with Crippen LogP contribution in [0.15, 0.2) is 42.5 Å². The van der Waals surface area contributed by atoms with Crippen molar-refractivity contribution in [2.24, 2.45) is 0 Å². The van der Waals surface area contributed by atoms with Crippen LogP contribution in [0.4, 0.5) is 5.69 Å². The van der Waals surface area contributed by atoms with Gasteiger partial charge in [-0.1, -0.05) is 12.1 Å². The van der Waals surface area contributed by atoms with Gasteiger partial charge in [-0.25, -0.2) is 0 Å². The van der Waals surface area contributed by atoms with Gasteiger partial charge in [0.05, 0.1) is 13.7 Å². The highest BCUT2D eigenvalue weighted by atomic mass is 16.5. The number of anilines is 1. The average molecular weight is 381 g/mol. The van der Waals surface area contributed by atoms with E-state index in [1.807, 2.05) is 4.90 Å². The second-order valence-corrected chi connectivity index (χ2v) is 7.00. The minimum atomic E-state index is -0.259. The summed E-state index contributed by atoms with van der Waals surface area (Å²) in [4.78, 5) is 28.8. The number of aryl methyl sites for hydroxylation is 1. The van der Waals surface area contributed by atoms with Gasteiger partial charge in [-0.05, 0) is 55.3 Å². The summed E-state index contributed by atoms with van der Waals surface area (Å²) in [6.45, 7) is 7.16. The van der Waals surface area contributed by atoms with E-state index in [1.165, 1.54) is 16.8 Å². The molecule has 0 radical (unpaired) electrons. The highest BCUT2D eigenvalue weighted by Crippen LogP contribution is 2.23. The molecule has 3 rings (SSSR count). The van der Waals surface area contributed by atoms with Crippen molar-refractivity contribution in [3.8, 4) is 5.75 Å². The van der Waals surface area contributed by atoms with E-state index in [2.05, 4.69) is 42.3 Å². The molecule has 0 aliphatic carbocycles. The Balaban J connectivity index is 1.49. The van der Waals surface area contributed by atoms with Gasteiger partial charge in [0.15, 0.2) is 0 Å². The second kappa shape index (κ2) is 8.78. The minimum absolute atomic E-state index is 0.00827. The van der Waals surface area contributed by atoms with Crippen LogP contribution in [-0.4, -0.2) is 56.5 Å². The van der Waals surface area contributed by atoms with Crippen LogP contribution >= 0.6 is 0 Å². The van der Waals surface area contributed by atoms with Crippen molar-refractivity contribution in [2.45, 2.75) is 13.8 Å². The Morgan fingerprint density at radius 2 is 1.68 bits per heavy atom. The van der Waals surface area contributed by atoms with E-state index in [1.54, 1.807) is 31.4 Å². The number of ether oxygens (including phenoxy) is 1. The van der Waals surface area contributed by atoms with E-state index < -0.39 is 0 Å². The maximum atomic E-state index is 12.5. The van der Waals surface area contributed by atoms with Crippen LogP contribution in [0.2, 0.25) is 0 Å². The highest BCUT2D eigenvalue weighted by molar-refractivity contribution is 5.96. The Bertz CT molecular complexity index is 841. The first-order chi connectivity index (χ1) is 13.5. The number of nitrogens with zero attached hydrogens (tertiary/aromatic N) is 2. The summed E-state index contributed by atoms with van der Waals surface area (Å²) in [5.74, 6) is 0.377. The standard InChI is InChI=1S/C22H27N3O3/c1-16-5-4-6-20(17(16)2)24-11-13-25(14-12-24)21(26)15-23-22(27)18-7-9-19(28-3)10-8-18/h4-10H,11-15H2,1-3H3,(H,23,27). The molecule has 148 valence electrons. The summed E-state index contributed by atoms with van der Waals surface area (Å²) < 4.78 is 5.08. The molecule has 28 heavy (non-hydrogen) atoms. The summed E-state index contributed by atoms with van der Waals surface area (Å²) in [5.41, 5.74) is 4.31.